The quantitative estimate of drug-likeness (QED) is 0.777. The molecule has 0 N–H and O–H groups in total. The van der Waals surface area contributed by atoms with Gasteiger partial charge in [-0.05, 0) is 31.2 Å². The normalized spacial score (nSPS) is 17.3. The van der Waals surface area contributed by atoms with Crippen LogP contribution in [-0.4, -0.2) is 12.6 Å². The molecule has 0 bridgehead atoms. The number of ether oxygens (including phenoxy) is 1. The Bertz CT molecular complexity index is 645. The van der Waals surface area contributed by atoms with Crippen molar-refractivity contribution in [2.45, 2.75) is 13.0 Å². The molecule has 0 spiro atoms. The standard InChI is InChI=1S/C16H14N2O/c1-12-11-18(14-7-3-2-6-13(14)10-17)15-8-4-5-9-16(15)19-12/h2-9,12H,11H2,1H3. The van der Waals surface area contributed by atoms with Crippen molar-refractivity contribution in [1.82, 2.24) is 0 Å². The molecule has 0 aromatic heterocycles. The zero-order chi connectivity index (χ0) is 13.2. The number of hydrogen-bond donors (Lipinski definition) is 0. The van der Waals surface area contributed by atoms with E-state index in [9.17, 15) is 5.26 Å². The predicted octanol–water partition coefficient (Wildman–Crippen LogP) is 3.48. The summed E-state index contributed by atoms with van der Waals surface area (Å²) in [5, 5.41) is 9.26. The molecular weight excluding hydrogens is 236 g/mol. The van der Waals surface area contributed by atoms with Gasteiger partial charge >= 0.3 is 0 Å². The van der Waals surface area contributed by atoms with Gasteiger partial charge in [0.05, 0.1) is 23.5 Å². The molecule has 0 aliphatic carbocycles. The molecule has 0 saturated heterocycles. The molecule has 3 nitrogen and oxygen atoms in total. The highest BCUT2D eigenvalue weighted by Crippen LogP contribution is 2.38. The molecule has 1 atom stereocenters. The van der Waals surface area contributed by atoms with E-state index in [0.717, 1.165) is 23.7 Å². The fourth-order valence-corrected chi connectivity index (χ4v) is 2.42. The molecule has 1 heterocycles. The van der Waals surface area contributed by atoms with Crippen LogP contribution in [-0.2, 0) is 0 Å². The van der Waals surface area contributed by atoms with Crippen LogP contribution in [0, 0.1) is 11.3 Å². The number of nitrogens with zero attached hydrogens (tertiary/aromatic N) is 2. The first-order valence-electron chi connectivity index (χ1n) is 6.32. The molecular formula is C16H14N2O. The molecule has 0 amide bonds. The zero-order valence-corrected chi connectivity index (χ0v) is 10.7. The highest BCUT2D eigenvalue weighted by molar-refractivity contribution is 5.74. The van der Waals surface area contributed by atoms with Crippen LogP contribution < -0.4 is 9.64 Å². The molecule has 3 heteroatoms. The van der Waals surface area contributed by atoms with Gasteiger partial charge in [0.1, 0.15) is 17.9 Å². The molecule has 94 valence electrons. The van der Waals surface area contributed by atoms with Crippen molar-refractivity contribution in [2.24, 2.45) is 0 Å². The minimum atomic E-state index is 0.0987. The Labute approximate surface area is 112 Å². The summed E-state index contributed by atoms with van der Waals surface area (Å²) in [6.07, 6.45) is 0.0987. The Morgan fingerprint density at radius 2 is 1.79 bits per heavy atom. The van der Waals surface area contributed by atoms with Crippen molar-refractivity contribution in [3.8, 4) is 11.8 Å². The van der Waals surface area contributed by atoms with Crippen LogP contribution >= 0.6 is 0 Å². The minimum absolute atomic E-state index is 0.0987. The summed E-state index contributed by atoms with van der Waals surface area (Å²) in [6.45, 7) is 2.79. The minimum Gasteiger partial charge on any atom is -0.487 e. The third-order valence-electron chi connectivity index (χ3n) is 3.24. The van der Waals surface area contributed by atoms with Crippen LogP contribution in [0.5, 0.6) is 5.75 Å². The van der Waals surface area contributed by atoms with Gasteiger partial charge in [0, 0.05) is 0 Å². The highest BCUT2D eigenvalue weighted by Gasteiger charge is 2.24. The Kier molecular flexibility index (Phi) is 2.85. The number of rotatable bonds is 1. The summed E-state index contributed by atoms with van der Waals surface area (Å²) in [5.41, 5.74) is 2.64. The molecule has 3 rings (SSSR count). The second kappa shape index (κ2) is 4.66. The second-order valence-corrected chi connectivity index (χ2v) is 4.64. The van der Waals surface area contributed by atoms with E-state index in [1.807, 2.05) is 55.5 Å². The van der Waals surface area contributed by atoms with Gasteiger partial charge in [0.15, 0.2) is 0 Å². The van der Waals surface area contributed by atoms with Gasteiger partial charge in [-0.3, -0.25) is 0 Å². The predicted molar refractivity (Wildman–Crippen MR) is 74.7 cm³/mol. The number of nitriles is 1. The SMILES string of the molecule is CC1CN(c2ccccc2C#N)c2ccccc2O1. The fourth-order valence-electron chi connectivity index (χ4n) is 2.42. The Morgan fingerprint density at radius 1 is 1.11 bits per heavy atom. The molecule has 1 aliphatic rings. The average Bonchev–Trinajstić information content (AvgIpc) is 2.46. The Morgan fingerprint density at radius 3 is 2.58 bits per heavy atom. The molecule has 19 heavy (non-hydrogen) atoms. The molecule has 1 aliphatic heterocycles. The van der Waals surface area contributed by atoms with E-state index in [0.29, 0.717) is 5.56 Å². The smallest absolute Gasteiger partial charge is 0.143 e. The van der Waals surface area contributed by atoms with E-state index >= 15 is 0 Å². The van der Waals surface area contributed by atoms with Gasteiger partial charge in [-0.2, -0.15) is 5.26 Å². The molecule has 1 unspecified atom stereocenters. The lowest BCUT2D eigenvalue weighted by Gasteiger charge is -2.35. The summed E-state index contributed by atoms with van der Waals surface area (Å²) >= 11 is 0. The molecule has 2 aromatic rings. The van der Waals surface area contributed by atoms with E-state index in [2.05, 4.69) is 11.0 Å². The van der Waals surface area contributed by atoms with Crippen LogP contribution in [0.15, 0.2) is 48.5 Å². The van der Waals surface area contributed by atoms with Crippen LogP contribution in [0.2, 0.25) is 0 Å². The van der Waals surface area contributed by atoms with Gasteiger partial charge in [-0.25, -0.2) is 0 Å². The topological polar surface area (TPSA) is 36.3 Å². The fraction of sp³-hybridized carbons (Fsp3) is 0.188. The first-order valence-corrected chi connectivity index (χ1v) is 6.32. The average molecular weight is 250 g/mol. The van der Waals surface area contributed by atoms with Gasteiger partial charge in [-0.15, -0.1) is 0 Å². The summed E-state index contributed by atoms with van der Waals surface area (Å²) in [4.78, 5) is 2.15. The van der Waals surface area contributed by atoms with Crippen LogP contribution in [0.4, 0.5) is 11.4 Å². The van der Waals surface area contributed by atoms with Crippen molar-refractivity contribution >= 4 is 11.4 Å². The lowest BCUT2D eigenvalue weighted by atomic mass is 10.1. The summed E-state index contributed by atoms with van der Waals surface area (Å²) < 4.78 is 5.83. The molecule has 2 aromatic carbocycles. The van der Waals surface area contributed by atoms with E-state index in [-0.39, 0.29) is 6.10 Å². The maximum atomic E-state index is 9.26. The maximum absolute atomic E-state index is 9.26. The largest absolute Gasteiger partial charge is 0.487 e. The third-order valence-corrected chi connectivity index (χ3v) is 3.24. The third kappa shape index (κ3) is 2.02. The lowest BCUT2D eigenvalue weighted by Crippen LogP contribution is -2.35. The molecule has 0 fully saturated rings. The Balaban J connectivity index is 2.13. The van der Waals surface area contributed by atoms with E-state index < -0.39 is 0 Å². The summed E-state index contributed by atoms with van der Waals surface area (Å²) in [5.74, 6) is 0.869. The van der Waals surface area contributed by atoms with Crippen molar-refractivity contribution in [3.63, 3.8) is 0 Å². The summed E-state index contributed by atoms with van der Waals surface area (Å²) in [7, 11) is 0. The molecule has 0 radical (unpaired) electrons. The van der Waals surface area contributed by atoms with E-state index in [4.69, 9.17) is 4.74 Å². The van der Waals surface area contributed by atoms with Crippen molar-refractivity contribution in [1.29, 1.82) is 5.26 Å². The monoisotopic (exact) mass is 250 g/mol. The first-order chi connectivity index (χ1) is 9.29. The van der Waals surface area contributed by atoms with Crippen LogP contribution in [0.1, 0.15) is 12.5 Å². The maximum Gasteiger partial charge on any atom is 0.143 e. The number of benzene rings is 2. The van der Waals surface area contributed by atoms with Crippen molar-refractivity contribution in [2.75, 3.05) is 11.4 Å². The number of hydrogen-bond acceptors (Lipinski definition) is 3. The number of anilines is 2. The van der Waals surface area contributed by atoms with Gasteiger partial charge < -0.3 is 9.64 Å². The van der Waals surface area contributed by atoms with Crippen molar-refractivity contribution in [3.05, 3.63) is 54.1 Å². The second-order valence-electron chi connectivity index (χ2n) is 4.64. The zero-order valence-electron chi connectivity index (χ0n) is 10.7. The van der Waals surface area contributed by atoms with Gasteiger partial charge in [0.25, 0.3) is 0 Å². The number of fused-ring (bicyclic) bond motifs is 1. The van der Waals surface area contributed by atoms with Crippen molar-refractivity contribution < 1.29 is 4.74 Å². The van der Waals surface area contributed by atoms with Gasteiger partial charge in [-0.1, -0.05) is 24.3 Å². The molecule has 0 saturated carbocycles. The van der Waals surface area contributed by atoms with E-state index in [1.54, 1.807) is 0 Å². The van der Waals surface area contributed by atoms with Gasteiger partial charge in [0.2, 0.25) is 0 Å². The first kappa shape index (κ1) is 11.6. The lowest BCUT2D eigenvalue weighted by molar-refractivity contribution is 0.217. The summed E-state index contributed by atoms with van der Waals surface area (Å²) in [6, 6.07) is 17.9. The number of para-hydroxylation sites is 3. The highest BCUT2D eigenvalue weighted by atomic mass is 16.5. The van der Waals surface area contributed by atoms with Crippen LogP contribution in [0.25, 0.3) is 0 Å². The van der Waals surface area contributed by atoms with E-state index in [1.165, 1.54) is 0 Å². The Hall–Kier alpha value is -2.47. The van der Waals surface area contributed by atoms with Crippen LogP contribution in [0.3, 0.4) is 0 Å².